The fourth-order valence-electron chi connectivity index (χ4n) is 0.904. The molecule has 0 spiro atoms. The third kappa shape index (κ3) is 2.39. The molecular formula is C8H13OPS. The van der Waals surface area contributed by atoms with Crippen LogP contribution in [0.1, 0.15) is 5.56 Å². The highest BCUT2D eigenvalue weighted by molar-refractivity contribution is 8.44. The van der Waals surface area contributed by atoms with Crippen LogP contribution in [0.2, 0.25) is 0 Å². The van der Waals surface area contributed by atoms with Crippen LogP contribution >= 0.6 is 8.44 Å². The van der Waals surface area contributed by atoms with Crippen molar-refractivity contribution in [1.29, 1.82) is 0 Å². The first-order valence-corrected chi connectivity index (χ1v) is 7.21. The molecule has 62 valence electrons. The van der Waals surface area contributed by atoms with Gasteiger partial charge in [0, 0.05) is 4.90 Å². The zero-order valence-corrected chi connectivity index (χ0v) is 8.79. The Morgan fingerprint density at radius 2 is 2.09 bits per heavy atom. The lowest BCUT2D eigenvalue weighted by Gasteiger charge is -2.11. The van der Waals surface area contributed by atoms with Crippen LogP contribution in [0.5, 0.6) is 0 Å². The first kappa shape index (κ1) is 8.89. The largest absolute Gasteiger partial charge is 0.277 e. The number of benzene rings is 1. The number of aryl methyl sites for hydroxylation is 1. The third-order valence-electron chi connectivity index (χ3n) is 1.51. The lowest BCUT2D eigenvalue weighted by Crippen LogP contribution is -1.98. The Hall–Kier alpha value is -0.200. The maximum absolute atomic E-state index is 11.5. The molecule has 3 heteroatoms. The molecule has 0 saturated carbocycles. The molecule has 1 nitrogen and oxygen atoms in total. The van der Waals surface area contributed by atoms with Gasteiger partial charge in [-0.2, -0.15) is 0 Å². The minimum atomic E-state index is -2.13. The predicted molar refractivity (Wildman–Crippen MR) is 54.6 cm³/mol. The lowest BCUT2D eigenvalue weighted by molar-refractivity contribution is 0.684. The Morgan fingerprint density at radius 1 is 1.45 bits per heavy atom. The van der Waals surface area contributed by atoms with Gasteiger partial charge in [0.1, 0.15) is 0 Å². The second-order valence-electron chi connectivity index (χ2n) is 2.83. The summed E-state index contributed by atoms with van der Waals surface area (Å²) in [6.45, 7) is 2.00. The van der Waals surface area contributed by atoms with E-state index in [4.69, 9.17) is 0 Å². The summed E-state index contributed by atoms with van der Waals surface area (Å²) in [5.74, 6) is 0. The van der Waals surface area contributed by atoms with E-state index < -0.39 is 9.55 Å². The molecule has 1 rings (SSSR count). The van der Waals surface area contributed by atoms with E-state index in [-0.39, 0.29) is 0 Å². The summed E-state index contributed by atoms with van der Waals surface area (Å²) < 4.78 is 11.5. The summed E-state index contributed by atoms with van der Waals surface area (Å²) >= 11 is 0. The highest BCUT2D eigenvalue weighted by Crippen LogP contribution is 2.23. The molecule has 0 bridgehead atoms. The summed E-state index contributed by atoms with van der Waals surface area (Å²) in [6.07, 6.45) is 1.76. The van der Waals surface area contributed by atoms with Crippen LogP contribution in [0.15, 0.2) is 29.2 Å². The van der Waals surface area contributed by atoms with Crippen LogP contribution in [0, 0.1) is 6.92 Å². The van der Waals surface area contributed by atoms with Gasteiger partial charge >= 0.3 is 0 Å². The molecule has 0 aliphatic heterocycles. The van der Waals surface area contributed by atoms with Gasteiger partial charge in [0.15, 0.2) is 0 Å². The van der Waals surface area contributed by atoms with Gasteiger partial charge in [0.2, 0.25) is 0 Å². The van der Waals surface area contributed by atoms with Crippen molar-refractivity contribution in [2.75, 3.05) is 6.26 Å². The molecule has 11 heavy (non-hydrogen) atoms. The molecule has 0 radical (unpaired) electrons. The molecule has 0 fully saturated rings. The topological polar surface area (TPSA) is 17.1 Å². The first-order valence-electron chi connectivity index (χ1n) is 3.43. The SMILES string of the molecule is Cc1cccc([SH](C)(=O)P)c1. The monoisotopic (exact) mass is 188 g/mol. The molecular weight excluding hydrogens is 175 g/mol. The van der Waals surface area contributed by atoms with Gasteiger partial charge in [-0.15, -0.1) is 0 Å². The summed E-state index contributed by atoms with van der Waals surface area (Å²) in [4.78, 5) is 0.933. The van der Waals surface area contributed by atoms with Crippen molar-refractivity contribution < 1.29 is 4.21 Å². The smallest absolute Gasteiger partial charge is 0.0177 e. The fourth-order valence-corrected chi connectivity index (χ4v) is 2.23. The standard InChI is InChI=1S/C8H13OPS/c1-7-4-3-5-8(6-7)11(2,9)10/h3-6,11H,10H2,1-2H3. The fraction of sp³-hybridized carbons (Fsp3) is 0.250. The van der Waals surface area contributed by atoms with Crippen LogP contribution in [-0.2, 0) is 9.55 Å². The molecule has 1 aromatic carbocycles. The summed E-state index contributed by atoms with van der Waals surface area (Å²) in [5, 5.41) is 0. The van der Waals surface area contributed by atoms with Crippen molar-refractivity contribution in [1.82, 2.24) is 0 Å². The normalized spacial score (nSPS) is 13.0. The summed E-state index contributed by atoms with van der Waals surface area (Å²) in [7, 11) is 0.280. The number of rotatable bonds is 1. The minimum Gasteiger partial charge on any atom is -0.277 e. The Bertz CT molecular complexity index is 303. The Morgan fingerprint density at radius 3 is 2.45 bits per heavy atom. The van der Waals surface area contributed by atoms with Gasteiger partial charge in [0.25, 0.3) is 0 Å². The third-order valence-corrected chi connectivity index (χ3v) is 3.71. The quantitative estimate of drug-likeness (QED) is 0.525. The number of hydrogen-bond donors (Lipinski definition) is 1. The maximum Gasteiger partial charge on any atom is 0.0177 e. The van der Waals surface area contributed by atoms with Crippen LogP contribution < -0.4 is 0 Å². The molecule has 0 N–H and O–H groups in total. The van der Waals surface area contributed by atoms with Crippen molar-refractivity contribution in [2.45, 2.75) is 11.8 Å². The molecule has 0 heterocycles. The van der Waals surface area contributed by atoms with Crippen LogP contribution in [0.4, 0.5) is 0 Å². The van der Waals surface area contributed by atoms with Crippen LogP contribution in [0.25, 0.3) is 0 Å². The predicted octanol–water partition coefficient (Wildman–Crippen LogP) is 1.79. The zero-order chi connectivity index (χ0) is 8.48. The number of thiol groups is 1. The van der Waals surface area contributed by atoms with Gasteiger partial charge < -0.3 is 0 Å². The lowest BCUT2D eigenvalue weighted by atomic mass is 10.2. The number of hydrogen-bond acceptors (Lipinski definition) is 1. The van der Waals surface area contributed by atoms with E-state index in [0.29, 0.717) is 0 Å². The molecule has 0 aromatic heterocycles. The molecule has 0 amide bonds. The van der Waals surface area contributed by atoms with E-state index in [1.807, 2.05) is 31.2 Å². The van der Waals surface area contributed by atoms with Gasteiger partial charge in [0.05, 0.1) is 0 Å². The van der Waals surface area contributed by atoms with Crippen molar-refractivity contribution >= 4 is 18.0 Å². The minimum absolute atomic E-state index is 0.933. The second kappa shape index (κ2) is 3.04. The average molecular weight is 188 g/mol. The van der Waals surface area contributed by atoms with E-state index in [2.05, 4.69) is 8.44 Å². The van der Waals surface area contributed by atoms with Crippen molar-refractivity contribution in [3.8, 4) is 0 Å². The van der Waals surface area contributed by atoms with Crippen molar-refractivity contribution in [3.05, 3.63) is 29.8 Å². The maximum atomic E-state index is 11.5. The Kier molecular flexibility index (Phi) is 2.46. The molecule has 0 saturated heterocycles. The molecule has 1 unspecified atom stereocenters. The first-order chi connectivity index (χ1) is 5.00. The van der Waals surface area contributed by atoms with Crippen molar-refractivity contribution in [3.63, 3.8) is 0 Å². The van der Waals surface area contributed by atoms with Gasteiger partial charge in [-0.1, -0.05) is 30.1 Å². The Labute approximate surface area is 70.6 Å². The zero-order valence-electron chi connectivity index (χ0n) is 6.74. The molecule has 1 aromatic rings. The van der Waals surface area contributed by atoms with E-state index >= 15 is 0 Å². The van der Waals surface area contributed by atoms with E-state index in [9.17, 15) is 4.21 Å². The molecule has 0 aliphatic carbocycles. The van der Waals surface area contributed by atoms with Gasteiger partial charge in [-0.25, -0.2) is 0 Å². The van der Waals surface area contributed by atoms with Gasteiger partial charge in [-0.05, 0) is 30.9 Å². The van der Waals surface area contributed by atoms with E-state index in [1.54, 1.807) is 6.26 Å². The molecule has 1 atom stereocenters. The highest BCUT2D eigenvalue weighted by atomic mass is 32.8. The van der Waals surface area contributed by atoms with Gasteiger partial charge in [-0.3, -0.25) is 4.21 Å². The van der Waals surface area contributed by atoms with Crippen LogP contribution in [-0.4, -0.2) is 10.5 Å². The second-order valence-corrected chi connectivity index (χ2v) is 8.28. The van der Waals surface area contributed by atoms with E-state index in [0.717, 1.165) is 10.5 Å². The summed E-state index contributed by atoms with van der Waals surface area (Å²) in [6, 6.07) is 7.81. The summed E-state index contributed by atoms with van der Waals surface area (Å²) in [5.41, 5.74) is 1.16. The van der Waals surface area contributed by atoms with Crippen molar-refractivity contribution in [2.24, 2.45) is 0 Å². The van der Waals surface area contributed by atoms with Crippen LogP contribution in [0.3, 0.4) is 0 Å². The highest BCUT2D eigenvalue weighted by Gasteiger charge is 2.03. The molecule has 0 aliphatic rings. The average Bonchev–Trinajstić information content (AvgIpc) is 1.86. The Balaban J connectivity index is 3.17. The van der Waals surface area contributed by atoms with E-state index in [1.165, 1.54) is 0 Å².